The molecule has 0 atom stereocenters. The molecule has 1 aromatic rings. The van der Waals surface area contributed by atoms with Gasteiger partial charge in [-0.1, -0.05) is 30.3 Å². The Hall–Kier alpha value is -1.39. The molecule has 2 N–H and O–H groups in total. The third-order valence-electron chi connectivity index (χ3n) is 3.77. The number of ether oxygens (including phenoxy) is 1. The van der Waals surface area contributed by atoms with Crippen LogP contribution in [0.3, 0.4) is 0 Å². The first kappa shape index (κ1) is 14.0. The predicted molar refractivity (Wildman–Crippen MR) is 74.5 cm³/mol. The Morgan fingerprint density at radius 1 is 1.37 bits per heavy atom. The van der Waals surface area contributed by atoms with E-state index in [-0.39, 0.29) is 11.3 Å². The zero-order valence-corrected chi connectivity index (χ0v) is 11.5. The van der Waals surface area contributed by atoms with Crippen molar-refractivity contribution in [3.63, 3.8) is 0 Å². The van der Waals surface area contributed by atoms with Gasteiger partial charge in [-0.3, -0.25) is 4.79 Å². The molecular formula is C15H22N2O2. The molecule has 0 radical (unpaired) electrons. The summed E-state index contributed by atoms with van der Waals surface area (Å²) < 4.78 is 5.10. The SMILES string of the molecule is COCCN(Cc1ccccc1)C(=O)C1(CN)CC1. The molecular weight excluding hydrogens is 240 g/mol. The Balaban J connectivity index is 2.05. The zero-order valence-electron chi connectivity index (χ0n) is 11.5. The maximum absolute atomic E-state index is 12.6. The predicted octanol–water partition coefficient (Wildman–Crippen LogP) is 1.40. The molecule has 0 bridgehead atoms. The number of hydrogen-bond donors (Lipinski definition) is 1. The number of nitrogens with zero attached hydrogens (tertiary/aromatic N) is 1. The molecule has 1 aliphatic carbocycles. The Morgan fingerprint density at radius 2 is 2.05 bits per heavy atom. The first-order chi connectivity index (χ1) is 9.22. The lowest BCUT2D eigenvalue weighted by atomic mass is 10.1. The number of methoxy groups -OCH3 is 1. The van der Waals surface area contributed by atoms with Gasteiger partial charge in [0.2, 0.25) is 5.91 Å². The van der Waals surface area contributed by atoms with Crippen molar-refractivity contribution >= 4 is 5.91 Å². The van der Waals surface area contributed by atoms with E-state index in [4.69, 9.17) is 10.5 Å². The summed E-state index contributed by atoms with van der Waals surface area (Å²) in [6.45, 7) is 2.25. The Morgan fingerprint density at radius 3 is 2.58 bits per heavy atom. The van der Waals surface area contributed by atoms with Crippen molar-refractivity contribution in [3.8, 4) is 0 Å². The summed E-state index contributed by atoms with van der Waals surface area (Å²) in [5.74, 6) is 0.177. The number of nitrogens with two attached hydrogens (primary N) is 1. The smallest absolute Gasteiger partial charge is 0.230 e. The second kappa shape index (κ2) is 6.17. The third kappa shape index (κ3) is 3.33. The van der Waals surface area contributed by atoms with Crippen LogP contribution < -0.4 is 5.73 Å². The molecule has 0 saturated heterocycles. The molecule has 0 aromatic heterocycles. The fraction of sp³-hybridized carbons (Fsp3) is 0.533. The Labute approximate surface area is 114 Å². The van der Waals surface area contributed by atoms with Gasteiger partial charge in [-0.15, -0.1) is 0 Å². The number of carbonyl (C=O) groups is 1. The molecule has 1 aromatic carbocycles. The largest absolute Gasteiger partial charge is 0.383 e. The minimum atomic E-state index is -0.289. The lowest BCUT2D eigenvalue weighted by molar-refractivity contribution is -0.138. The monoisotopic (exact) mass is 262 g/mol. The molecule has 2 rings (SSSR count). The average molecular weight is 262 g/mol. The molecule has 0 heterocycles. The zero-order chi connectivity index (χ0) is 13.7. The van der Waals surface area contributed by atoms with Crippen molar-refractivity contribution in [3.05, 3.63) is 35.9 Å². The van der Waals surface area contributed by atoms with Crippen molar-refractivity contribution < 1.29 is 9.53 Å². The van der Waals surface area contributed by atoms with Gasteiger partial charge in [0.25, 0.3) is 0 Å². The lowest BCUT2D eigenvalue weighted by Gasteiger charge is -2.26. The molecule has 1 aliphatic rings. The number of amides is 1. The van der Waals surface area contributed by atoms with E-state index in [0.29, 0.717) is 26.2 Å². The molecule has 4 nitrogen and oxygen atoms in total. The second-order valence-corrected chi connectivity index (χ2v) is 5.19. The van der Waals surface area contributed by atoms with Crippen LogP contribution in [0, 0.1) is 5.41 Å². The highest BCUT2D eigenvalue weighted by molar-refractivity contribution is 5.85. The fourth-order valence-electron chi connectivity index (χ4n) is 2.25. The van der Waals surface area contributed by atoms with Crippen molar-refractivity contribution in [1.82, 2.24) is 4.90 Å². The van der Waals surface area contributed by atoms with Crippen LogP contribution >= 0.6 is 0 Å². The summed E-state index contributed by atoms with van der Waals surface area (Å²) in [7, 11) is 1.65. The van der Waals surface area contributed by atoms with E-state index < -0.39 is 0 Å². The topological polar surface area (TPSA) is 55.6 Å². The summed E-state index contributed by atoms with van der Waals surface area (Å²) in [6, 6.07) is 10.0. The van der Waals surface area contributed by atoms with Gasteiger partial charge in [0.15, 0.2) is 0 Å². The van der Waals surface area contributed by atoms with Crippen LogP contribution in [-0.2, 0) is 16.1 Å². The van der Waals surface area contributed by atoms with Gasteiger partial charge >= 0.3 is 0 Å². The van der Waals surface area contributed by atoms with E-state index in [2.05, 4.69) is 0 Å². The molecule has 104 valence electrons. The summed E-state index contributed by atoms with van der Waals surface area (Å²) >= 11 is 0. The van der Waals surface area contributed by atoms with Crippen molar-refractivity contribution in [2.75, 3.05) is 26.8 Å². The van der Waals surface area contributed by atoms with E-state index in [1.807, 2.05) is 35.2 Å². The van der Waals surface area contributed by atoms with E-state index in [9.17, 15) is 4.79 Å². The van der Waals surface area contributed by atoms with Crippen LogP contribution in [0.25, 0.3) is 0 Å². The molecule has 19 heavy (non-hydrogen) atoms. The Bertz CT molecular complexity index is 415. The Kier molecular flexibility index (Phi) is 4.56. The van der Waals surface area contributed by atoms with E-state index in [1.165, 1.54) is 0 Å². The standard InChI is InChI=1S/C15H22N2O2/c1-19-10-9-17(11-13-5-3-2-4-6-13)14(18)15(12-16)7-8-15/h2-6H,7-12,16H2,1H3. The summed E-state index contributed by atoms with van der Waals surface area (Å²) in [4.78, 5) is 14.4. The van der Waals surface area contributed by atoms with E-state index in [1.54, 1.807) is 7.11 Å². The minimum absolute atomic E-state index is 0.177. The van der Waals surface area contributed by atoms with Crippen LogP contribution in [0.5, 0.6) is 0 Å². The average Bonchev–Trinajstić information content (AvgIpc) is 3.25. The minimum Gasteiger partial charge on any atom is -0.383 e. The highest BCUT2D eigenvalue weighted by Crippen LogP contribution is 2.46. The van der Waals surface area contributed by atoms with Crippen LogP contribution in [0.2, 0.25) is 0 Å². The maximum atomic E-state index is 12.6. The van der Waals surface area contributed by atoms with Gasteiger partial charge in [-0.2, -0.15) is 0 Å². The number of carbonyl (C=O) groups excluding carboxylic acids is 1. The summed E-state index contributed by atoms with van der Waals surface area (Å²) in [5.41, 5.74) is 6.60. The lowest BCUT2D eigenvalue weighted by Crippen LogP contribution is -2.41. The van der Waals surface area contributed by atoms with Gasteiger partial charge in [-0.05, 0) is 18.4 Å². The molecule has 0 spiro atoms. The number of hydrogen-bond acceptors (Lipinski definition) is 3. The van der Waals surface area contributed by atoms with Crippen LogP contribution in [0.1, 0.15) is 18.4 Å². The van der Waals surface area contributed by atoms with Crippen molar-refractivity contribution in [2.24, 2.45) is 11.1 Å². The van der Waals surface area contributed by atoms with E-state index >= 15 is 0 Å². The molecule has 0 unspecified atom stereocenters. The molecule has 4 heteroatoms. The molecule has 1 fully saturated rings. The first-order valence-electron chi connectivity index (χ1n) is 6.74. The number of benzene rings is 1. The van der Waals surface area contributed by atoms with Crippen molar-refractivity contribution in [1.29, 1.82) is 0 Å². The molecule has 1 amide bonds. The molecule has 1 saturated carbocycles. The van der Waals surface area contributed by atoms with Gasteiger partial charge in [0, 0.05) is 26.7 Å². The van der Waals surface area contributed by atoms with Crippen LogP contribution in [0.4, 0.5) is 0 Å². The molecule has 0 aliphatic heterocycles. The quantitative estimate of drug-likeness (QED) is 0.808. The van der Waals surface area contributed by atoms with Crippen LogP contribution in [0.15, 0.2) is 30.3 Å². The highest BCUT2D eigenvalue weighted by atomic mass is 16.5. The fourth-order valence-corrected chi connectivity index (χ4v) is 2.25. The maximum Gasteiger partial charge on any atom is 0.230 e. The summed E-state index contributed by atoms with van der Waals surface area (Å²) in [5, 5.41) is 0. The highest BCUT2D eigenvalue weighted by Gasteiger charge is 2.50. The van der Waals surface area contributed by atoms with Gasteiger partial charge < -0.3 is 15.4 Å². The van der Waals surface area contributed by atoms with Crippen LogP contribution in [-0.4, -0.2) is 37.6 Å². The van der Waals surface area contributed by atoms with E-state index in [0.717, 1.165) is 18.4 Å². The van der Waals surface area contributed by atoms with Gasteiger partial charge in [0.1, 0.15) is 0 Å². The van der Waals surface area contributed by atoms with Crippen molar-refractivity contribution in [2.45, 2.75) is 19.4 Å². The third-order valence-corrected chi connectivity index (χ3v) is 3.77. The first-order valence-corrected chi connectivity index (χ1v) is 6.74. The van der Waals surface area contributed by atoms with Gasteiger partial charge in [-0.25, -0.2) is 0 Å². The number of rotatable bonds is 7. The summed E-state index contributed by atoms with van der Waals surface area (Å²) in [6.07, 6.45) is 1.83. The second-order valence-electron chi connectivity index (χ2n) is 5.19. The normalized spacial score (nSPS) is 16.1. The van der Waals surface area contributed by atoms with Gasteiger partial charge in [0.05, 0.1) is 12.0 Å².